The summed E-state index contributed by atoms with van der Waals surface area (Å²) in [4.78, 5) is 30.3. The van der Waals surface area contributed by atoms with E-state index in [0.717, 1.165) is 15.4 Å². The highest BCUT2D eigenvalue weighted by Crippen LogP contribution is 2.37. The van der Waals surface area contributed by atoms with Crippen LogP contribution in [0.5, 0.6) is 0 Å². The number of nitrogens with one attached hydrogen (secondary N) is 1. The average molecular weight is 421 g/mol. The monoisotopic (exact) mass is 420 g/mol. The first-order valence-electron chi connectivity index (χ1n) is 8.84. The summed E-state index contributed by atoms with van der Waals surface area (Å²) in [5.41, 5.74) is 1.11. The maximum atomic E-state index is 12.8. The number of hydrogen-bond donors (Lipinski definition) is 1. The lowest BCUT2D eigenvalue weighted by Gasteiger charge is -2.32. The molecule has 1 N–H and O–H groups in total. The Morgan fingerprint density at radius 1 is 1.32 bits per heavy atom. The van der Waals surface area contributed by atoms with Crippen molar-refractivity contribution in [1.29, 1.82) is 0 Å². The topological polar surface area (TPSA) is 77.5 Å². The number of ether oxygens (including phenoxy) is 2. The summed E-state index contributed by atoms with van der Waals surface area (Å²) in [6.45, 7) is 7.49. The van der Waals surface area contributed by atoms with Crippen LogP contribution in [0.2, 0.25) is 5.02 Å². The second kappa shape index (κ2) is 7.93. The number of aromatic nitrogens is 1. The maximum absolute atomic E-state index is 12.8. The third-order valence-electron chi connectivity index (χ3n) is 4.15. The molecule has 0 saturated heterocycles. The minimum absolute atomic E-state index is 0.188. The molecule has 0 aliphatic carbocycles. The lowest BCUT2D eigenvalue weighted by molar-refractivity contribution is -0.117. The van der Waals surface area contributed by atoms with E-state index in [4.69, 9.17) is 21.1 Å². The van der Waals surface area contributed by atoms with Gasteiger partial charge < -0.3 is 14.8 Å². The highest BCUT2D eigenvalue weighted by molar-refractivity contribution is 7.15. The number of carbonyl (C=O) groups is 2. The molecule has 2 heterocycles. The van der Waals surface area contributed by atoms with Gasteiger partial charge in [0.15, 0.2) is 0 Å². The molecular weight excluding hydrogens is 400 g/mol. The van der Waals surface area contributed by atoms with Gasteiger partial charge in [0.2, 0.25) is 0 Å². The summed E-state index contributed by atoms with van der Waals surface area (Å²) in [6, 6.07) is 7.33. The summed E-state index contributed by atoms with van der Waals surface area (Å²) in [6.07, 6.45) is -0.480. The number of nitrogens with zero attached hydrogens (tertiary/aromatic N) is 1. The molecule has 1 amide bonds. The number of carbonyl (C=O) groups excluding carboxylic acids is 2. The second-order valence-corrected chi connectivity index (χ2v) is 8.67. The Bertz CT molecular complexity index is 948. The maximum Gasteiger partial charge on any atom is 0.513 e. The van der Waals surface area contributed by atoms with Crippen molar-refractivity contribution in [3.8, 4) is 10.6 Å². The van der Waals surface area contributed by atoms with Crippen molar-refractivity contribution in [3.63, 3.8) is 0 Å². The second-order valence-electron chi connectivity index (χ2n) is 7.03. The lowest BCUT2D eigenvalue weighted by Crippen LogP contribution is -2.48. The molecule has 1 aliphatic heterocycles. The van der Waals surface area contributed by atoms with Crippen LogP contribution in [0, 0.1) is 6.92 Å². The first kappa shape index (κ1) is 20.4. The fraction of sp³-hybridized carbons (Fsp3) is 0.350. The van der Waals surface area contributed by atoms with Crippen molar-refractivity contribution in [3.05, 3.63) is 45.6 Å². The van der Waals surface area contributed by atoms with E-state index in [1.54, 1.807) is 19.1 Å². The summed E-state index contributed by atoms with van der Waals surface area (Å²) in [5.74, 6) is -0.0603. The largest absolute Gasteiger partial charge is 0.513 e. The summed E-state index contributed by atoms with van der Waals surface area (Å²) in [5, 5.41) is 4.33. The molecule has 0 fully saturated rings. The zero-order valence-corrected chi connectivity index (χ0v) is 17.7. The molecule has 0 radical (unpaired) electrons. The van der Waals surface area contributed by atoms with Gasteiger partial charge in [0, 0.05) is 27.4 Å². The van der Waals surface area contributed by atoms with Crippen LogP contribution in [0.25, 0.3) is 16.1 Å². The van der Waals surface area contributed by atoms with Gasteiger partial charge in [0.05, 0.1) is 12.3 Å². The van der Waals surface area contributed by atoms with E-state index in [1.807, 2.05) is 32.9 Å². The number of rotatable bonds is 4. The fourth-order valence-corrected chi connectivity index (χ4v) is 4.00. The van der Waals surface area contributed by atoms with E-state index in [2.05, 4.69) is 10.3 Å². The quantitative estimate of drug-likeness (QED) is 0.707. The number of thiazole rings is 1. The molecule has 1 aromatic heterocycles. The van der Waals surface area contributed by atoms with E-state index < -0.39 is 11.7 Å². The number of benzene rings is 1. The van der Waals surface area contributed by atoms with Crippen molar-refractivity contribution >= 4 is 40.6 Å². The van der Waals surface area contributed by atoms with Gasteiger partial charge in [-0.1, -0.05) is 23.7 Å². The molecule has 1 aliphatic rings. The average Bonchev–Trinajstić information content (AvgIpc) is 2.95. The van der Waals surface area contributed by atoms with Crippen molar-refractivity contribution in [1.82, 2.24) is 10.3 Å². The molecule has 3 rings (SSSR count). The van der Waals surface area contributed by atoms with E-state index in [-0.39, 0.29) is 23.8 Å². The molecule has 0 saturated carbocycles. The van der Waals surface area contributed by atoms with Crippen LogP contribution >= 0.6 is 22.9 Å². The molecule has 2 aromatic rings. The van der Waals surface area contributed by atoms with Gasteiger partial charge in [-0.25, -0.2) is 9.78 Å². The summed E-state index contributed by atoms with van der Waals surface area (Å²) in [7, 11) is 0. The minimum Gasteiger partial charge on any atom is -0.434 e. The lowest BCUT2D eigenvalue weighted by atomic mass is 9.91. The van der Waals surface area contributed by atoms with Gasteiger partial charge in [-0.05, 0) is 39.8 Å². The zero-order valence-electron chi connectivity index (χ0n) is 16.1. The van der Waals surface area contributed by atoms with E-state index >= 15 is 0 Å². The number of aryl methyl sites for hydroxylation is 1. The zero-order chi connectivity index (χ0) is 20.5. The number of halogens is 1. The van der Waals surface area contributed by atoms with Crippen LogP contribution in [-0.2, 0) is 14.3 Å². The van der Waals surface area contributed by atoms with Crippen molar-refractivity contribution in [2.75, 3.05) is 6.61 Å². The van der Waals surface area contributed by atoms with Crippen LogP contribution in [0.15, 0.2) is 30.0 Å². The van der Waals surface area contributed by atoms with Crippen LogP contribution in [0.3, 0.4) is 0 Å². The highest BCUT2D eigenvalue weighted by Gasteiger charge is 2.37. The van der Waals surface area contributed by atoms with Gasteiger partial charge in [0.1, 0.15) is 16.3 Å². The molecule has 0 bridgehead atoms. The van der Waals surface area contributed by atoms with Crippen LogP contribution in [0.4, 0.5) is 4.79 Å². The molecule has 148 valence electrons. The predicted octanol–water partition coefficient (Wildman–Crippen LogP) is 4.95. The normalized spacial score (nSPS) is 16.0. The fourth-order valence-electron chi connectivity index (χ4n) is 2.95. The smallest absolute Gasteiger partial charge is 0.434 e. The third kappa shape index (κ3) is 4.36. The Morgan fingerprint density at radius 3 is 2.64 bits per heavy atom. The van der Waals surface area contributed by atoms with E-state index in [0.29, 0.717) is 17.1 Å². The highest BCUT2D eigenvalue weighted by atomic mass is 35.5. The molecule has 6 nitrogen and oxygen atoms in total. The molecule has 0 spiro atoms. The van der Waals surface area contributed by atoms with Crippen LogP contribution < -0.4 is 5.32 Å². The van der Waals surface area contributed by atoms with Crippen molar-refractivity contribution in [2.24, 2.45) is 0 Å². The predicted molar refractivity (Wildman–Crippen MR) is 109 cm³/mol. The SMILES string of the molecule is CCOC(=O)OC1=C(c2nc(-c3ccc(Cl)cc3)sc2C)C(=O)NC(C)(C)C1. The Balaban J connectivity index is 2.06. The molecule has 0 atom stereocenters. The van der Waals surface area contributed by atoms with Crippen LogP contribution in [-0.4, -0.2) is 29.2 Å². The summed E-state index contributed by atoms with van der Waals surface area (Å²) < 4.78 is 10.3. The molecule has 8 heteroatoms. The van der Waals surface area contributed by atoms with Gasteiger partial charge in [-0.3, -0.25) is 4.79 Å². The standard InChI is InChI=1S/C20H21ClN2O4S/c1-5-26-19(25)27-14-10-20(3,4)23-17(24)15(14)16-11(2)28-18(22-16)12-6-8-13(21)9-7-12/h6-9H,5,10H2,1-4H3,(H,23,24). The molecule has 0 unspecified atom stereocenters. The Morgan fingerprint density at radius 2 is 2.00 bits per heavy atom. The van der Waals surface area contributed by atoms with Gasteiger partial charge in [-0.2, -0.15) is 0 Å². The van der Waals surface area contributed by atoms with Gasteiger partial charge in [0.25, 0.3) is 5.91 Å². The Labute approximate surface area is 172 Å². The van der Waals surface area contributed by atoms with E-state index in [1.165, 1.54) is 11.3 Å². The first-order chi connectivity index (χ1) is 13.2. The van der Waals surface area contributed by atoms with E-state index in [9.17, 15) is 9.59 Å². The van der Waals surface area contributed by atoms with Gasteiger partial charge >= 0.3 is 6.16 Å². The van der Waals surface area contributed by atoms with Crippen LogP contribution in [0.1, 0.15) is 37.8 Å². The Kier molecular flexibility index (Phi) is 5.76. The minimum atomic E-state index is -0.827. The number of hydrogen-bond acceptors (Lipinski definition) is 6. The first-order valence-corrected chi connectivity index (χ1v) is 10.0. The molecule has 28 heavy (non-hydrogen) atoms. The molecular formula is C20H21ClN2O4S. The molecule has 1 aromatic carbocycles. The Hall–Kier alpha value is -2.38. The third-order valence-corrected chi connectivity index (χ3v) is 5.43. The van der Waals surface area contributed by atoms with Crippen molar-refractivity contribution < 1.29 is 19.1 Å². The van der Waals surface area contributed by atoms with Gasteiger partial charge in [-0.15, -0.1) is 11.3 Å². The summed E-state index contributed by atoms with van der Waals surface area (Å²) >= 11 is 7.42. The number of amides is 1. The van der Waals surface area contributed by atoms with Crippen molar-refractivity contribution in [2.45, 2.75) is 39.7 Å².